The number of carbonyl (C=O) groups is 1. The van der Waals surface area contributed by atoms with E-state index in [1.54, 1.807) is 12.1 Å². The van der Waals surface area contributed by atoms with Gasteiger partial charge in [-0.25, -0.2) is 4.79 Å². The van der Waals surface area contributed by atoms with E-state index >= 15 is 0 Å². The number of nitrogens with one attached hydrogen (secondary N) is 1. The van der Waals surface area contributed by atoms with Gasteiger partial charge in [0.2, 0.25) is 11.7 Å². The van der Waals surface area contributed by atoms with Crippen LogP contribution in [0, 0.1) is 0 Å². The lowest BCUT2D eigenvalue weighted by atomic mass is 9.95. The van der Waals surface area contributed by atoms with Crippen LogP contribution in [0.4, 0.5) is 4.79 Å². The van der Waals surface area contributed by atoms with Crippen LogP contribution in [0.25, 0.3) is 11.4 Å². The first kappa shape index (κ1) is 16.4. The van der Waals surface area contributed by atoms with Crippen molar-refractivity contribution in [2.45, 2.75) is 44.1 Å². The van der Waals surface area contributed by atoms with E-state index in [1.807, 2.05) is 17.0 Å². The molecule has 1 aliphatic carbocycles. The van der Waals surface area contributed by atoms with Gasteiger partial charge in [0.25, 0.3) is 0 Å². The summed E-state index contributed by atoms with van der Waals surface area (Å²) in [5.74, 6) is 1.22. The van der Waals surface area contributed by atoms with E-state index < -0.39 is 0 Å². The van der Waals surface area contributed by atoms with Crippen LogP contribution in [0.3, 0.4) is 0 Å². The van der Waals surface area contributed by atoms with Crippen LogP contribution in [0.1, 0.15) is 43.9 Å². The maximum atomic E-state index is 12.3. The van der Waals surface area contributed by atoms with Crippen LogP contribution in [-0.4, -0.2) is 40.2 Å². The molecule has 6 nitrogen and oxygen atoms in total. The molecule has 0 unspecified atom stereocenters. The van der Waals surface area contributed by atoms with Crippen LogP contribution in [0.2, 0.25) is 5.02 Å². The highest BCUT2D eigenvalue weighted by atomic mass is 35.5. The van der Waals surface area contributed by atoms with Gasteiger partial charge in [0.1, 0.15) is 0 Å². The zero-order chi connectivity index (χ0) is 17.2. The summed E-state index contributed by atoms with van der Waals surface area (Å²) in [5.41, 5.74) is 0.828. The SMILES string of the molecule is O=C(NC1CCCCC1)N1CC(c2nc(-c3cccc(Cl)c3)no2)C1. The summed E-state index contributed by atoms with van der Waals surface area (Å²) in [6.45, 7) is 1.24. The van der Waals surface area contributed by atoms with E-state index in [1.165, 1.54) is 19.3 Å². The maximum Gasteiger partial charge on any atom is 0.317 e. The van der Waals surface area contributed by atoms with E-state index in [0.29, 0.717) is 35.9 Å². The Hall–Kier alpha value is -2.08. The van der Waals surface area contributed by atoms with Crippen molar-refractivity contribution in [2.75, 3.05) is 13.1 Å². The molecular weight excluding hydrogens is 340 g/mol. The molecule has 132 valence electrons. The third kappa shape index (κ3) is 3.63. The number of nitrogens with zero attached hydrogens (tertiary/aromatic N) is 3. The Labute approximate surface area is 151 Å². The standard InChI is InChI=1S/C18H21ClN4O2/c19-14-6-4-5-12(9-14)16-21-17(25-22-16)13-10-23(11-13)18(24)20-15-7-2-1-3-8-15/h4-6,9,13,15H,1-3,7-8,10-11H2,(H,20,24). The maximum absolute atomic E-state index is 12.3. The van der Waals surface area contributed by atoms with Crippen LogP contribution in [-0.2, 0) is 0 Å². The lowest BCUT2D eigenvalue weighted by molar-refractivity contribution is 0.132. The molecule has 0 radical (unpaired) electrons. The highest BCUT2D eigenvalue weighted by Gasteiger charge is 2.36. The van der Waals surface area contributed by atoms with E-state index in [4.69, 9.17) is 16.1 Å². The van der Waals surface area contributed by atoms with Crippen molar-refractivity contribution in [1.82, 2.24) is 20.4 Å². The minimum atomic E-state index is 0.0257. The van der Waals surface area contributed by atoms with Crippen LogP contribution in [0.15, 0.2) is 28.8 Å². The third-order valence-electron chi connectivity index (χ3n) is 4.98. The number of carbonyl (C=O) groups excluding carboxylic acids is 1. The minimum absolute atomic E-state index is 0.0257. The average Bonchev–Trinajstić information content (AvgIpc) is 3.04. The van der Waals surface area contributed by atoms with Gasteiger partial charge in [-0.05, 0) is 25.0 Å². The minimum Gasteiger partial charge on any atom is -0.339 e. The molecule has 2 aromatic rings. The van der Waals surface area contributed by atoms with Crippen LogP contribution < -0.4 is 5.32 Å². The van der Waals surface area contributed by atoms with Crippen molar-refractivity contribution in [2.24, 2.45) is 0 Å². The number of aromatic nitrogens is 2. The molecule has 7 heteroatoms. The fourth-order valence-corrected chi connectivity index (χ4v) is 3.65. The molecule has 1 saturated carbocycles. The van der Waals surface area contributed by atoms with Crippen molar-refractivity contribution >= 4 is 17.6 Å². The normalized spacial score (nSPS) is 18.8. The van der Waals surface area contributed by atoms with Gasteiger partial charge < -0.3 is 14.7 Å². The fraction of sp³-hybridized carbons (Fsp3) is 0.500. The van der Waals surface area contributed by atoms with E-state index in [9.17, 15) is 4.79 Å². The van der Waals surface area contributed by atoms with E-state index in [2.05, 4.69) is 15.5 Å². The second-order valence-corrected chi connectivity index (χ2v) is 7.29. The molecule has 2 heterocycles. The molecule has 2 aliphatic rings. The van der Waals surface area contributed by atoms with Gasteiger partial charge in [0.05, 0.1) is 5.92 Å². The molecule has 4 rings (SSSR count). The first-order valence-corrected chi connectivity index (χ1v) is 9.22. The highest BCUT2D eigenvalue weighted by molar-refractivity contribution is 6.30. The van der Waals surface area contributed by atoms with Gasteiger partial charge in [-0.3, -0.25) is 0 Å². The molecule has 25 heavy (non-hydrogen) atoms. The Bertz CT molecular complexity index is 751. The van der Waals surface area contributed by atoms with Gasteiger partial charge in [-0.2, -0.15) is 4.98 Å². The number of amides is 2. The monoisotopic (exact) mass is 360 g/mol. The van der Waals surface area contributed by atoms with Crippen LogP contribution >= 0.6 is 11.6 Å². The highest BCUT2D eigenvalue weighted by Crippen LogP contribution is 2.28. The van der Waals surface area contributed by atoms with Crippen molar-refractivity contribution in [3.05, 3.63) is 35.2 Å². The molecule has 1 aromatic heterocycles. The second-order valence-electron chi connectivity index (χ2n) is 6.85. The molecular formula is C18H21ClN4O2. The Morgan fingerprint density at radius 1 is 1.24 bits per heavy atom. The molecule has 0 atom stereocenters. The number of halogens is 1. The summed E-state index contributed by atoms with van der Waals surface area (Å²) < 4.78 is 5.38. The van der Waals surface area contributed by atoms with Gasteiger partial charge in [0.15, 0.2) is 0 Å². The Balaban J connectivity index is 1.32. The molecule has 1 N–H and O–H groups in total. The lowest BCUT2D eigenvalue weighted by Crippen LogP contribution is -2.54. The summed E-state index contributed by atoms with van der Waals surface area (Å²) in [6, 6.07) is 7.72. The summed E-state index contributed by atoms with van der Waals surface area (Å²) in [6.07, 6.45) is 5.89. The number of hydrogen-bond donors (Lipinski definition) is 1. The number of likely N-dealkylation sites (tertiary alicyclic amines) is 1. The van der Waals surface area contributed by atoms with Crippen molar-refractivity contribution in [3.63, 3.8) is 0 Å². The largest absolute Gasteiger partial charge is 0.339 e. The molecule has 0 spiro atoms. The molecule has 2 fully saturated rings. The van der Waals surface area contributed by atoms with Crippen LogP contribution in [0.5, 0.6) is 0 Å². The molecule has 0 bridgehead atoms. The summed E-state index contributed by atoms with van der Waals surface area (Å²) in [7, 11) is 0. The Kier molecular flexibility index (Phi) is 4.61. The third-order valence-corrected chi connectivity index (χ3v) is 5.21. The first-order valence-electron chi connectivity index (χ1n) is 8.84. The summed E-state index contributed by atoms with van der Waals surface area (Å²) in [4.78, 5) is 18.5. The quantitative estimate of drug-likeness (QED) is 0.902. The second kappa shape index (κ2) is 7.04. The predicted molar refractivity (Wildman–Crippen MR) is 94.5 cm³/mol. The van der Waals surface area contributed by atoms with Crippen molar-refractivity contribution < 1.29 is 9.32 Å². The number of benzene rings is 1. The van der Waals surface area contributed by atoms with E-state index in [-0.39, 0.29) is 11.9 Å². The smallest absolute Gasteiger partial charge is 0.317 e. The summed E-state index contributed by atoms with van der Waals surface area (Å²) >= 11 is 6.00. The molecule has 1 saturated heterocycles. The van der Waals surface area contributed by atoms with Gasteiger partial charge in [-0.15, -0.1) is 0 Å². The Morgan fingerprint density at radius 2 is 2.04 bits per heavy atom. The van der Waals surface area contributed by atoms with Gasteiger partial charge in [-0.1, -0.05) is 48.2 Å². The number of urea groups is 1. The van der Waals surface area contributed by atoms with Gasteiger partial charge >= 0.3 is 6.03 Å². The van der Waals surface area contributed by atoms with Crippen molar-refractivity contribution in [3.8, 4) is 11.4 Å². The fourth-order valence-electron chi connectivity index (χ4n) is 3.46. The molecule has 1 aromatic carbocycles. The topological polar surface area (TPSA) is 71.3 Å². The first-order chi connectivity index (χ1) is 12.2. The molecule has 2 amide bonds. The van der Waals surface area contributed by atoms with E-state index in [0.717, 1.165) is 18.4 Å². The summed E-state index contributed by atoms with van der Waals surface area (Å²) in [5, 5.41) is 7.80. The zero-order valence-electron chi connectivity index (χ0n) is 13.9. The average molecular weight is 361 g/mol. The van der Waals surface area contributed by atoms with Gasteiger partial charge in [0, 0.05) is 29.7 Å². The molecule has 1 aliphatic heterocycles. The van der Waals surface area contributed by atoms with Crippen molar-refractivity contribution in [1.29, 1.82) is 0 Å². The number of hydrogen-bond acceptors (Lipinski definition) is 4. The number of rotatable bonds is 3. The zero-order valence-corrected chi connectivity index (χ0v) is 14.7. The lowest BCUT2D eigenvalue weighted by Gasteiger charge is -2.38. The predicted octanol–water partition coefficient (Wildman–Crippen LogP) is 3.83. The Morgan fingerprint density at radius 3 is 2.80 bits per heavy atom.